The Kier molecular flexibility index (Phi) is 6.65. The van der Waals surface area contributed by atoms with E-state index in [-0.39, 0.29) is 23.0 Å². The number of hydrogen-bond acceptors (Lipinski definition) is 4. The second kappa shape index (κ2) is 9.35. The van der Waals surface area contributed by atoms with Crippen LogP contribution < -0.4 is 10.6 Å². The highest BCUT2D eigenvalue weighted by Gasteiger charge is 2.36. The van der Waals surface area contributed by atoms with Crippen LogP contribution in [0.4, 0.5) is 5.69 Å². The molecule has 1 fully saturated rings. The fourth-order valence-electron chi connectivity index (χ4n) is 5.01. The van der Waals surface area contributed by atoms with E-state index in [0.29, 0.717) is 47.7 Å². The smallest absolute Gasteiger partial charge is 0.268 e. The van der Waals surface area contributed by atoms with Crippen molar-refractivity contribution in [2.24, 2.45) is 11.3 Å². The maximum absolute atomic E-state index is 13.3. The molecule has 0 saturated heterocycles. The van der Waals surface area contributed by atoms with Crippen LogP contribution in [0.25, 0.3) is 0 Å². The number of Topliss-reactive ketones (excluding diaryl/α,β-unsaturated/α-hetero) is 1. The Labute approximate surface area is 201 Å². The van der Waals surface area contributed by atoms with Crippen LogP contribution >= 0.6 is 0 Å². The summed E-state index contributed by atoms with van der Waals surface area (Å²) in [5.74, 6) is 0.131. The summed E-state index contributed by atoms with van der Waals surface area (Å²) in [4.78, 5) is 46.8. The normalized spacial score (nSPS) is 17.7. The van der Waals surface area contributed by atoms with E-state index in [1.54, 1.807) is 6.20 Å². The zero-order chi connectivity index (χ0) is 24.6. The first-order valence-corrected chi connectivity index (χ1v) is 12.4. The lowest BCUT2D eigenvalue weighted by Crippen LogP contribution is -2.44. The molecule has 2 amide bonds. The molecule has 4 rings (SSSR count). The summed E-state index contributed by atoms with van der Waals surface area (Å²) >= 11 is 0. The van der Waals surface area contributed by atoms with Gasteiger partial charge in [0.2, 0.25) is 5.91 Å². The number of nitrogens with zero attached hydrogens (tertiary/aromatic N) is 1. The molecule has 1 saturated carbocycles. The number of aromatic nitrogens is 2. The van der Waals surface area contributed by atoms with Gasteiger partial charge >= 0.3 is 0 Å². The monoisotopic (exact) mass is 464 g/mol. The third-order valence-corrected chi connectivity index (χ3v) is 7.08. The van der Waals surface area contributed by atoms with E-state index in [1.165, 1.54) is 12.8 Å². The number of rotatable bonds is 8. The van der Waals surface area contributed by atoms with Gasteiger partial charge < -0.3 is 15.6 Å². The lowest BCUT2D eigenvalue weighted by molar-refractivity contribution is -0.118. The minimum atomic E-state index is -0.661. The highest BCUT2D eigenvalue weighted by atomic mass is 16.2. The first-order chi connectivity index (χ1) is 16.1. The summed E-state index contributed by atoms with van der Waals surface area (Å²) in [6.45, 7) is 9.90. The number of pyridine rings is 1. The van der Waals surface area contributed by atoms with Crippen molar-refractivity contribution in [2.45, 2.75) is 85.6 Å². The van der Waals surface area contributed by atoms with Gasteiger partial charge in [0.1, 0.15) is 11.7 Å². The Morgan fingerprint density at radius 1 is 1.24 bits per heavy atom. The van der Waals surface area contributed by atoms with Gasteiger partial charge in [0.25, 0.3) is 5.91 Å². The molecule has 2 aromatic rings. The first-order valence-electron chi connectivity index (χ1n) is 12.4. The lowest BCUT2D eigenvalue weighted by atomic mass is 9.75. The van der Waals surface area contributed by atoms with Gasteiger partial charge in [-0.15, -0.1) is 0 Å². The maximum Gasteiger partial charge on any atom is 0.268 e. The molecular weight excluding hydrogens is 428 g/mol. The largest absolute Gasteiger partial charge is 0.354 e. The molecular formula is C27H36N4O3. The van der Waals surface area contributed by atoms with Crippen LogP contribution in [0.3, 0.4) is 0 Å². The van der Waals surface area contributed by atoms with Crippen molar-refractivity contribution in [3.8, 4) is 0 Å². The SMILES string of the molecule is CCc1cc(C)ncc1NC(=O)C(CCC1CC1)NC(=O)c1[nH]c2c(c1C)C(=O)CC(C)(C)C2. The van der Waals surface area contributed by atoms with Gasteiger partial charge in [-0.25, -0.2) is 0 Å². The number of carbonyl (C=O) groups excluding carboxylic acids is 3. The van der Waals surface area contributed by atoms with Crippen LogP contribution in [0.1, 0.15) is 96.2 Å². The van der Waals surface area contributed by atoms with E-state index in [1.807, 2.05) is 26.8 Å². The van der Waals surface area contributed by atoms with Gasteiger partial charge in [0.15, 0.2) is 5.78 Å². The number of H-pyrrole nitrogens is 1. The average Bonchev–Trinajstić information content (AvgIpc) is 3.53. The molecule has 0 aromatic carbocycles. The van der Waals surface area contributed by atoms with Gasteiger partial charge in [-0.05, 0) is 68.1 Å². The molecule has 182 valence electrons. The highest BCUT2D eigenvalue weighted by Crippen LogP contribution is 2.37. The molecule has 7 nitrogen and oxygen atoms in total. The van der Waals surface area contributed by atoms with Crippen LogP contribution in [-0.4, -0.2) is 33.6 Å². The minimum Gasteiger partial charge on any atom is -0.354 e. The number of nitrogens with one attached hydrogen (secondary N) is 3. The van der Waals surface area contributed by atoms with Gasteiger partial charge in [0, 0.05) is 23.4 Å². The minimum absolute atomic E-state index is 0.0704. The summed E-state index contributed by atoms with van der Waals surface area (Å²) in [5.41, 5.74) is 4.98. The number of aryl methyl sites for hydroxylation is 2. The van der Waals surface area contributed by atoms with Crippen molar-refractivity contribution < 1.29 is 14.4 Å². The Hall–Kier alpha value is -2.96. The van der Waals surface area contributed by atoms with E-state index in [2.05, 4.69) is 34.4 Å². The van der Waals surface area contributed by atoms with E-state index in [4.69, 9.17) is 0 Å². The second-order valence-electron chi connectivity index (χ2n) is 10.8. The molecule has 2 aromatic heterocycles. The Morgan fingerprint density at radius 3 is 2.65 bits per heavy atom. The molecule has 2 aliphatic carbocycles. The molecule has 3 N–H and O–H groups in total. The molecule has 0 aliphatic heterocycles. The van der Waals surface area contributed by atoms with Crippen molar-refractivity contribution in [2.75, 3.05) is 5.32 Å². The van der Waals surface area contributed by atoms with Crippen LogP contribution in [0, 0.1) is 25.2 Å². The van der Waals surface area contributed by atoms with Crippen LogP contribution in [0.15, 0.2) is 12.3 Å². The molecule has 1 atom stereocenters. The van der Waals surface area contributed by atoms with Crippen LogP contribution in [-0.2, 0) is 17.6 Å². The standard InChI is InChI=1S/C27H36N4O3/c1-6-18-11-15(2)28-14-21(18)31-25(33)19(10-9-17-7-8-17)30-26(34)24-16(3)23-20(29-24)12-27(4,5)13-22(23)32/h11,14,17,19,29H,6-10,12-13H2,1-5H3,(H,30,34)(H,31,33). The van der Waals surface area contributed by atoms with Gasteiger partial charge in [-0.3, -0.25) is 19.4 Å². The van der Waals surface area contributed by atoms with Gasteiger partial charge in [0.05, 0.1) is 11.9 Å². The molecule has 34 heavy (non-hydrogen) atoms. The average molecular weight is 465 g/mol. The third kappa shape index (κ3) is 5.24. The number of aromatic amines is 1. The molecule has 2 heterocycles. The fourth-order valence-corrected chi connectivity index (χ4v) is 5.01. The topological polar surface area (TPSA) is 104 Å². The number of amides is 2. The summed E-state index contributed by atoms with van der Waals surface area (Å²) in [7, 11) is 0. The Morgan fingerprint density at radius 2 is 1.97 bits per heavy atom. The van der Waals surface area contributed by atoms with E-state index >= 15 is 0 Å². The Bertz CT molecular complexity index is 1130. The van der Waals surface area contributed by atoms with E-state index < -0.39 is 6.04 Å². The zero-order valence-electron chi connectivity index (χ0n) is 20.9. The van der Waals surface area contributed by atoms with Gasteiger partial charge in [-0.1, -0.05) is 33.6 Å². The second-order valence-corrected chi connectivity index (χ2v) is 10.8. The molecule has 2 aliphatic rings. The molecule has 0 radical (unpaired) electrons. The fraction of sp³-hybridized carbons (Fsp3) is 0.556. The number of anilines is 1. The van der Waals surface area contributed by atoms with E-state index in [0.717, 1.165) is 29.8 Å². The summed E-state index contributed by atoms with van der Waals surface area (Å²) in [6, 6.07) is 1.31. The highest BCUT2D eigenvalue weighted by molar-refractivity contribution is 6.06. The molecule has 7 heteroatoms. The Balaban J connectivity index is 1.54. The van der Waals surface area contributed by atoms with Crippen molar-refractivity contribution in [1.29, 1.82) is 0 Å². The summed E-state index contributed by atoms with van der Waals surface area (Å²) < 4.78 is 0. The predicted octanol–water partition coefficient (Wildman–Crippen LogP) is 4.67. The number of carbonyl (C=O) groups is 3. The maximum atomic E-state index is 13.3. The number of ketones is 1. The van der Waals surface area contributed by atoms with Crippen molar-refractivity contribution in [1.82, 2.24) is 15.3 Å². The summed E-state index contributed by atoms with van der Waals surface area (Å²) in [6.07, 6.45) is 7.49. The zero-order valence-corrected chi connectivity index (χ0v) is 20.9. The van der Waals surface area contributed by atoms with Crippen molar-refractivity contribution in [3.05, 3.63) is 46.0 Å². The van der Waals surface area contributed by atoms with E-state index in [9.17, 15) is 14.4 Å². The quantitative estimate of drug-likeness (QED) is 0.528. The van der Waals surface area contributed by atoms with Gasteiger partial charge in [-0.2, -0.15) is 0 Å². The molecule has 0 bridgehead atoms. The van der Waals surface area contributed by atoms with Crippen molar-refractivity contribution >= 4 is 23.3 Å². The molecule has 1 unspecified atom stereocenters. The molecule has 0 spiro atoms. The first kappa shape index (κ1) is 24.2. The number of hydrogen-bond donors (Lipinski definition) is 3. The van der Waals surface area contributed by atoms with Crippen LogP contribution in [0.5, 0.6) is 0 Å². The van der Waals surface area contributed by atoms with Crippen LogP contribution in [0.2, 0.25) is 0 Å². The number of fused-ring (bicyclic) bond motifs is 1. The lowest BCUT2D eigenvalue weighted by Gasteiger charge is -2.28. The third-order valence-electron chi connectivity index (χ3n) is 7.08. The van der Waals surface area contributed by atoms with Crippen molar-refractivity contribution in [3.63, 3.8) is 0 Å². The summed E-state index contributed by atoms with van der Waals surface area (Å²) in [5, 5.41) is 5.95. The predicted molar refractivity (Wildman–Crippen MR) is 132 cm³/mol.